The van der Waals surface area contributed by atoms with Crippen molar-refractivity contribution in [2.24, 2.45) is 0 Å². The zero-order valence-corrected chi connectivity index (χ0v) is 10.3. The Kier molecular flexibility index (Phi) is 3.64. The molecule has 3 nitrogen and oxygen atoms in total. The molecule has 0 aliphatic carbocycles. The third kappa shape index (κ3) is 2.65. The number of hydrogen-bond donors (Lipinski definition) is 0. The van der Waals surface area contributed by atoms with Gasteiger partial charge in [-0.1, -0.05) is 6.07 Å². The van der Waals surface area contributed by atoms with Crippen molar-refractivity contribution in [3.8, 4) is 0 Å². The predicted octanol–water partition coefficient (Wildman–Crippen LogP) is 2.73. The molecule has 0 saturated heterocycles. The maximum atomic E-state index is 4.38. The van der Waals surface area contributed by atoms with E-state index in [1.807, 2.05) is 30.0 Å². The average Bonchev–Trinajstić information content (AvgIpc) is 2.82. The highest BCUT2D eigenvalue weighted by molar-refractivity contribution is 7.09. The van der Waals surface area contributed by atoms with Gasteiger partial charge in [0.2, 0.25) is 0 Å². The molecule has 0 saturated carbocycles. The molecular weight excluding hydrogens is 218 g/mol. The van der Waals surface area contributed by atoms with Crippen LogP contribution in [0.25, 0.3) is 0 Å². The molecule has 4 heteroatoms. The van der Waals surface area contributed by atoms with E-state index < -0.39 is 0 Å². The van der Waals surface area contributed by atoms with Crippen molar-refractivity contribution < 1.29 is 0 Å². The first-order valence-electron chi connectivity index (χ1n) is 5.26. The van der Waals surface area contributed by atoms with E-state index in [0.29, 0.717) is 6.04 Å². The van der Waals surface area contributed by atoms with Gasteiger partial charge in [-0.2, -0.15) is 0 Å². The summed E-state index contributed by atoms with van der Waals surface area (Å²) in [4.78, 5) is 12.0. The van der Waals surface area contributed by atoms with Gasteiger partial charge in [-0.3, -0.25) is 14.9 Å². The van der Waals surface area contributed by atoms with E-state index in [9.17, 15) is 0 Å². The van der Waals surface area contributed by atoms with Crippen molar-refractivity contribution in [3.05, 3.63) is 46.7 Å². The van der Waals surface area contributed by atoms with Crippen molar-refractivity contribution in [1.82, 2.24) is 14.9 Å². The van der Waals surface area contributed by atoms with E-state index in [0.717, 1.165) is 12.2 Å². The van der Waals surface area contributed by atoms with Crippen LogP contribution in [0.1, 0.15) is 23.5 Å². The number of nitrogens with zero attached hydrogens (tertiary/aromatic N) is 3. The fourth-order valence-electron chi connectivity index (χ4n) is 1.55. The summed E-state index contributed by atoms with van der Waals surface area (Å²) in [5, 5.41) is 0. The van der Waals surface area contributed by atoms with Crippen LogP contribution in [0.2, 0.25) is 0 Å². The normalized spacial score (nSPS) is 12.9. The molecule has 2 aromatic heterocycles. The lowest BCUT2D eigenvalue weighted by Crippen LogP contribution is -2.22. The maximum Gasteiger partial charge on any atom is 0.0794 e. The third-order valence-electron chi connectivity index (χ3n) is 2.67. The Morgan fingerprint density at radius 3 is 2.94 bits per heavy atom. The van der Waals surface area contributed by atoms with E-state index in [4.69, 9.17) is 0 Å². The Labute approximate surface area is 99.8 Å². The molecule has 0 N–H and O–H groups in total. The fourth-order valence-corrected chi connectivity index (χ4v) is 2.21. The fraction of sp³-hybridized carbons (Fsp3) is 0.333. The molecule has 2 rings (SSSR count). The summed E-state index contributed by atoms with van der Waals surface area (Å²) in [5.41, 5.74) is 2.98. The molecule has 0 spiro atoms. The molecule has 0 unspecified atom stereocenters. The van der Waals surface area contributed by atoms with Gasteiger partial charge in [0.1, 0.15) is 0 Å². The molecule has 0 radical (unpaired) electrons. The Morgan fingerprint density at radius 1 is 1.44 bits per heavy atom. The summed E-state index contributed by atoms with van der Waals surface area (Å²) >= 11 is 1.69. The highest BCUT2D eigenvalue weighted by Gasteiger charge is 2.13. The van der Waals surface area contributed by atoms with E-state index in [-0.39, 0.29) is 0 Å². The molecule has 16 heavy (non-hydrogen) atoms. The summed E-state index contributed by atoms with van der Waals surface area (Å²) < 4.78 is 0. The van der Waals surface area contributed by atoms with Gasteiger partial charge in [-0.25, -0.2) is 0 Å². The number of rotatable bonds is 4. The Balaban J connectivity index is 2.02. The van der Waals surface area contributed by atoms with E-state index in [1.165, 1.54) is 4.88 Å². The first-order valence-corrected chi connectivity index (χ1v) is 6.14. The molecule has 0 amide bonds. The summed E-state index contributed by atoms with van der Waals surface area (Å²) in [6, 6.07) is 6.36. The van der Waals surface area contributed by atoms with Crippen LogP contribution in [0.4, 0.5) is 0 Å². The van der Waals surface area contributed by atoms with Crippen LogP contribution in [0.3, 0.4) is 0 Å². The van der Waals surface area contributed by atoms with Gasteiger partial charge in [0.05, 0.1) is 11.2 Å². The smallest absolute Gasteiger partial charge is 0.0794 e. The van der Waals surface area contributed by atoms with Gasteiger partial charge >= 0.3 is 0 Å². The van der Waals surface area contributed by atoms with Crippen molar-refractivity contribution in [1.29, 1.82) is 0 Å². The topological polar surface area (TPSA) is 29.0 Å². The summed E-state index contributed by atoms with van der Waals surface area (Å²) in [7, 11) is 2.11. The SMILES string of the molecule is C[C@@H](c1ccccn1)N(C)Cc1cncs1. The van der Waals surface area contributed by atoms with E-state index >= 15 is 0 Å². The number of pyridine rings is 1. The molecule has 1 atom stereocenters. The Morgan fingerprint density at radius 2 is 2.31 bits per heavy atom. The minimum Gasteiger partial charge on any atom is -0.293 e. The second-order valence-corrected chi connectivity index (χ2v) is 4.78. The van der Waals surface area contributed by atoms with Gasteiger partial charge in [-0.15, -0.1) is 11.3 Å². The van der Waals surface area contributed by atoms with Crippen molar-refractivity contribution in [2.45, 2.75) is 19.5 Å². The van der Waals surface area contributed by atoms with Crippen LogP contribution in [0.15, 0.2) is 36.1 Å². The number of aromatic nitrogens is 2. The van der Waals surface area contributed by atoms with E-state index in [2.05, 4.69) is 34.9 Å². The molecule has 0 aliphatic rings. The zero-order valence-electron chi connectivity index (χ0n) is 9.50. The van der Waals surface area contributed by atoms with Crippen LogP contribution in [0, 0.1) is 0 Å². The highest BCUT2D eigenvalue weighted by atomic mass is 32.1. The molecule has 0 aliphatic heterocycles. The van der Waals surface area contributed by atoms with Crippen LogP contribution in [-0.4, -0.2) is 21.9 Å². The molecule has 0 bridgehead atoms. The van der Waals surface area contributed by atoms with Gasteiger partial charge in [-0.05, 0) is 26.1 Å². The van der Waals surface area contributed by atoms with Gasteiger partial charge in [0.25, 0.3) is 0 Å². The molecule has 0 aromatic carbocycles. The number of thiazole rings is 1. The van der Waals surface area contributed by atoms with Crippen LogP contribution < -0.4 is 0 Å². The van der Waals surface area contributed by atoms with Gasteiger partial charge in [0, 0.05) is 29.9 Å². The molecule has 2 heterocycles. The molecule has 0 fully saturated rings. The lowest BCUT2D eigenvalue weighted by atomic mass is 10.2. The van der Waals surface area contributed by atoms with Crippen molar-refractivity contribution >= 4 is 11.3 Å². The lowest BCUT2D eigenvalue weighted by Gasteiger charge is -2.23. The largest absolute Gasteiger partial charge is 0.293 e. The quantitative estimate of drug-likeness (QED) is 0.813. The van der Waals surface area contributed by atoms with Crippen LogP contribution in [-0.2, 0) is 6.54 Å². The predicted molar refractivity (Wildman–Crippen MR) is 66.2 cm³/mol. The first-order chi connectivity index (χ1) is 7.77. The lowest BCUT2D eigenvalue weighted by molar-refractivity contribution is 0.250. The Bertz CT molecular complexity index is 413. The summed E-state index contributed by atoms with van der Waals surface area (Å²) in [6.45, 7) is 3.09. The standard InChI is InChI=1S/C12H15N3S/c1-10(12-5-3-4-6-14-12)15(2)8-11-7-13-9-16-11/h3-7,9-10H,8H2,1-2H3/t10-/m0/s1. The zero-order chi connectivity index (χ0) is 11.4. The average molecular weight is 233 g/mol. The first kappa shape index (κ1) is 11.2. The molecular formula is C12H15N3S. The summed E-state index contributed by atoms with van der Waals surface area (Å²) in [5.74, 6) is 0. The summed E-state index contributed by atoms with van der Waals surface area (Å²) in [6.07, 6.45) is 3.76. The van der Waals surface area contributed by atoms with Crippen molar-refractivity contribution in [2.75, 3.05) is 7.05 Å². The highest BCUT2D eigenvalue weighted by Crippen LogP contribution is 2.19. The third-order valence-corrected chi connectivity index (χ3v) is 3.43. The van der Waals surface area contributed by atoms with Crippen molar-refractivity contribution in [3.63, 3.8) is 0 Å². The van der Waals surface area contributed by atoms with E-state index in [1.54, 1.807) is 11.3 Å². The molecule has 2 aromatic rings. The second kappa shape index (κ2) is 5.18. The minimum absolute atomic E-state index is 0.322. The monoisotopic (exact) mass is 233 g/mol. The van der Waals surface area contributed by atoms with Crippen LogP contribution in [0.5, 0.6) is 0 Å². The maximum absolute atomic E-state index is 4.38. The van der Waals surface area contributed by atoms with Crippen LogP contribution >= 0.6 is 11.3 Å². The van der Waals surface area contributed by atoms with Gasteiger partial charge < -0.3 is 0 Å². The number of hydrogen-bond acceptors (Lipinski definition) is 4. The van der Waals surface area contributed by atoms with Gasteiger partial charge in [0.15, 0.2) is 0 Å². The molecule has 84 valence electrons. The minimum atomic E-state index is 0.322. The second-order valence-electron chi connectivity index (χ2n) is 3.81. The Hall–Kier alpha value is -1.26.